The van der Waals surface area contributed by atoms with Crippen LogP contribution in [0.4, 0.5) is 0 Å². The van der Waals surface area contributed by atoms with Crippen molar-refractivity contribution in [1.29, 1.82) is 0 Å². The molecule has 0 radical (unpaired) electrons. The smallest absolute Gasteiger partial charge is 0.0794 e. The fraction of sp³-hybridized carbons (Fsp3) is 0.750. The molecule has 0 aliphatic carbocycles. The van der Waals surface area contributed by atoms with Crippen LogP contribution in [0.3, 0.4) is 0 Å². The maximum Gasteiger partial charge on any atom is 0.0794 e. The fourth-order valence-corrected chi connectivity index (χ4v) is 1.35. The molecule has 0 aromatic carbocycles. The molecule has 1 heteroatoms. The summed E-state index contributed by atoms with van der Waals surface area (Å²) in [5, 5.41) is 9.29. The van der Waals surface area contributed by atoms with E-state index in [1.807, 2.05) is 0 Å². The van der Waals surface area contributed by atoms with Crippen molar-refractivity contribution in [2.75, 3.05) is 0 Å². The number of hydrogen-bond donors (Lipinski definition) is 1. The summed E-state index contributed by atoms with van der Waals surface area (Å²) in [6.07, 6.45) is 9.79. The maximum atomic E-state index is 9.29. The lowest BCUT2D eigenvalue weighted by Gasteiger charge is -2.03. The van der Waals surface area contributed by atoms with Crippen molar-refractivity contribution in [1.82, 2.24) is 0 Å². The van der Waals surface area contributed by atoms with Gasteiger partial charge in [0.05, 0.1) is 6.10 Å². The van der Waals surface area contributed by atoms with Crippen LogP contribution < -0.4 is 0 Å². The second-order valence-electron chi connectivity index (χ2n) is 3.49. The highest BCUT2D eigenvalue weighted by Crippen LogP contribution is 2.08. The largest absolute Gasteiger partial charge is 0.388 e. The average molecular weight is 182 g/mol. The zero-order valence-corrected chi connectivity index (χ0v) is 8.76. The molecular weight excluding hydrogens is 160 g/mol. The van der Waals surface area contributed by atoms with Crippen LogP contribution in [0.5, 0.6) is 0 Å². The molecule has 0 heterocycles. The molecule has 0 saturated heterocycles. The number of unbranched alkanes of at least 4 members (excludes halogenated alkanes) is 5. The molecule has 0 unspecified atom stereocenters. The minimum absolute atomic E-state index is 0.330. The van der Waals surface area contributed by atoms with Crippen molar-refractivity contribution in [2.45, 2.75) is 58.0 Å². The highest BCUT2D eigenvalue weighted by Gasteiger charge is 1.97. The second kappa shape index (κ2) is 9.57. The predicted octanol–water partition coefficient (Wildman–Crippen LogP) is 3.44. The van der Waals surface area contributed by atoms with Crippen LogP contribution in [-0.2, 0) is 0 Å². The van der Waals surface area contributed by atoms with E-state index >= 15 is 0 Å². The molecule has 1 N–H and O–H groups in total. The summed E-state index contributed by atoms with van der Waals surface area (Å²) in [6.45, 7) is 5.65. The van der Waals surface area contributed by atoms with E-state index in [1.54, 1.807) is 6.08 Å². The summed E-state index contributed by atoms with van der Waals surface area (Å²) in [5.74, 6) is 0. The van der Waals surface area contributed by atoms with Crippen LogP contribution in [0.1, 0.15) is 51.9 Å². The van der Waals surface area contributed by atoms with E-state index in [1.165, 1.54) is 32.1 Å². The van der Waals surface area contributed by atoms with Gasteiger partial charge in [0.2, 0.25) is 0 Å². The normalized spacial score (nSPS) is 12.2. The molecule has 76 valence electrons. The van der Waals surface area contributed by atoms with Crippen molar-refractivity contribution < 1.29 is 5.11 Å². The van der Waals surface area contributed by atoms with Crippen LogP contribution in [0.15, 0.2) is 18.4 Å². The van der Waals surface area contributed by atoms with E-state index in [2.05, 4.69) is 19.2 Å². The SMILES string of the molecule is C=C=C[C@H](O)CCCCCCCC. The highest BCUT2D eigenvalue weighted by molar-refractivity contribution is 4.83. The van der Waals surface area contributed by atoms with Gasteiger partial charge in [-0.2, -0.15) is 0 Å². The minimum atomic E-state index is -0.330. The third-order valence-corrected chi connectivity index (χ3v) is 2.16. The Labute approximate surface area is 82.2 Å². The Kier molecular flexibility index (Phi) is 9.18. The Morgan fingerprint density at radius 1 is 1.23 bits per heavy atom. The van der Waals surface area contributed by atoms with Crippen LogP contribution in [0.25, 0.3) is 0 Å². The Morgan fingerprint density at radius 2 is 1.85 bits per heavy atom. The molecular formula is C12H22O. The van der Waals surface area contributed by atoms with E-state index in [-0.39, 0.29) is 6.10 Å². The molecule has 1 nitrogen and oxygen atoms in total. The van der Waals surface area contributed by atoms with Gasteiger partial charge in [0.15, 0.2) is 0 Å². The Hall–Kier alpha value is -0.520. The molecule has 0 spiro atoms. The predicted molar refractivity (Wildman–Crippen MR) is 57.7 cm³/mol. The maximum absolute atomic E-state index is 9.29. The first-order chi connectivity index (χ1) is 6.31. The summed E-state index contributed by atoms with van der Waals surface area (Å²) in [5.41, 5.74) is 2.60. The highest BCUT2D eigenvalue weighted by atomic mass is 16.3. The fourth-order valence-electron chi connectivity index (χ4n) is 1.35. The Balaban J connectivity index is 3.11. The molecule has 0 rings (SSSR count). The van der Waals surface area contributed by atoms with Gasteiger partial charge in [-0.05, 0) is 12.5 Å². The van der Waals surface area contributed by atoms with Crippen molar-refractivity contribution in [3.05, 3.63) is 18.4 Å². The topological polar surface area (TPSA) is 20.2 Å². The molecule has 0 bridgehead atoms. The summed E-state index contributed by atoms with van der Waals surface area (Å²) in [4.78, 5) is 0. The number of aliphatic hydroxyl groups is 1. The Bertz CT molecular complexity index is 145. The van der Waals surface area contributed by atoms with Gasteiger partial charge in [0.25, 0.3) is 0 Å². The number of hydrogen-bond acceptors (Lipinski definition) is 1. The van der Waals surface area contributed by atoms with Gasteiger partial charge in [-0.3, -0.25) is 0 Å². The molecule has 1 atom stereocenters. The zero-order valence-electron chi connectivity index (χ0n) is 8.76. The second-order valence-corrected chi connectivity index (χ2v) is 3.49. The molecule has 0 amide bonds. The lowest BCUT2D eigenvalue weighted by molar-refractivity contribution is 0.208. The summed E-state index contributed by atoms with van der Waals surface area (Å²) in [7, 11) is 0. The average Bonchev–Trinajstić information content (AvgIpc) is 2.11. The molecule has 0 aromatic rings. The first-order valence-corrected chi connectivity index (χ1v) is 5.35. The van der Waals surface area contributed by atoms with Crippen molar-refractivity contribution >= 4 is 0 Å². The van der Waals surface area contributed by atoms with E-state index in [4.69, 9.17) is 0 Å². The molecule has 0 aliphatic heterocycles. The first-order valence-electron chi connectivity index (χ1n) is 5.35. The van der Waals surface area contributed by atoms with Crippen molar-refractivity contribution in [3.8, 4) is 0 Å². The summed E-state index contributed by atoms with van der Waals surface area (Å²) in [6, 6.07) is 0. The first kappa shape index (κ1) is 12.5. The standard InChI is InChI=1S/C12H22O/c1-3-5-6-7-8-9-11-12(13)10-4-2/h10,12-13H,2-3,5-9,11H2,1H3/t12-/m0/s1. The van der Waals surface area contributed by atoms with E-state index in [0.29, 0.717) is 0 Å². The van der Waals surface area contributed by atoms with E-state index < -0.39 is 0 Å². The van der Waals surface area contributed by atoms with Gasteiger partial charge in [0.1, 0.15) is 0 Å². The molecule has 13 heavy (non-hydrogen) atoms. The van der Waals surface area contributed by atoms with Gasteiger partial charge in [-0.1, -0.05) is 52.0 Å². The quantitative estimate of drug-likeness (QED) is 0.450. The summed E-state index contributed by atoms with van der Waals surface area (Å²) < 4.78 is 0. The number of aliphatic hydroxyl groups excluding tert-OH is 1. The van der Waals surface area contributed by atoms with Crippen molar-refractivity contribution in [3.63, 3.8) is 0 Å². The van der Waals surface area contributed by atoms with Crippen LogP contribution in [0, 0.1) is 0 Å². The van der Waals surface area contributed by atoms with Crippen LogP contribution in [-0.4, -0.2) is 11.2 Å². The monoisotopic (exact) mass is 182 g/mol. The zero-order chi connectivity index (χ0) is 9.94. The molecule has 0 saturated carbocycles. The third kappa shape index (κ3) is 9.39. The van der Waals surface area contributed by atoms with Crippen LogP contribution in [0.2, 0.25) is 0 Å². The van der Waals surface area contributed by atoms with Gasteiger partial charge < -0.3 is 5.11 Å². The Morgan fingerprint density at radius 3 is 2.46 bits per heavy atom. The third-order valence-electron chi connectivity index (χ3n) is 2.16. The molecule has 0 aliphatic rings. The minimum Gasteiger partial charge on any atom is -0.388 e. The molecule has 0 aromatic heterocycles. The molecule has 0 fully saturated rings. The number of rotatable bonds is 8. The lowest BCUT2D eigenvalue weighted by atomic mass is 10.1. The summed E-state index contributed by atoms with van der Waals surface area (Å²) >= 11 is 0. The van der Waals surface area contributed by atoms with Crippen molar-refractivity contribution in [2.24, 2.45) is 0 Å². The van der Waals surface area contributed by atoms with E-state index in [9.17, 15) is 5.11 Å². The lowest BCUT2D eigenvalue weighted by Crippen LogP contribution is -2.00. The van der Waals surface area contributed by atoms with Gasteiger partial charge in [-0.15, -0.1) is 5.73 Å². The van der Waals surface area contributed by atoms with Gasteiger partial charge in [0, 0.05) is 0 Å². The van der Waals surface area contributed by atoms with Crippen LogP contribution >= 0.6 is 0 Å². The van der Waals surface area contributed by atoms with Gasteiger partial charge in [-0.25, -0.2) is 0 Å². The van der Waals surface area contributed by atoms with Gasteiger partial charge >= 0.3 is 0 Å². The van der Waals surface area contributed by atoms with E-state index in [0.717, 1.165) is 12.8 Å².